The maximum Gasteiger partial charge on any atom is 0.243 e. The average molecular weight is 406 g/mol. The number of rotatable bonds is 12. The predicted molar refractivity (Wildman–Crippen MR) is 111 cm³/mol. The number of nitrogens with one attached hydrogen (secondary N) is 1. The third-order valence-electron chi connectivity index (χ3n) is 6.20. The predicted octanol–water partition coefficient (Wildman–Crippen LogP) is 3.55. The van der Waals surface area contributed by atoms with Crippen LogP contribution in [-0.4, -0.2) is 39.3 Å². The van der Waals surface area contributed by atoms with Gasteiger partial charge in [0.15, 0.2) is 5.78 Å². The number of hydrogen-bond donors (Lipinski definition) is 4. The van der Waals surface area contributed by atoms with Gasteiger partial charge in [-0.05, 0) is 50.9 Å². The summed E-state index contributed by atoms with van der Waals surface area (Å²) >= 11 is 0. The number of unbranched alkanes of at least 4 members (excludes halogenated alkanes) is 3. The van der Waals surface area contributed by atoms with E-state index in [1.807, 2.05) is 19.1 Å². The molecule has 1 aromatic rings. The zero-order chi connectivity index (χ0) is 21.2. The van der Waals surface area contributed by atoms with E-state index in [1.165, 1.54) is 0 Å². The summed E-state index contributed by atoms with van der Waals surface area (Å²) in [6.45, 7) is 1.96. The maximum atomic E-state index is 12.4. The minimum atomic E-state index is -1.02. The number of hydrogen-bond acceptors (Lipinski definition) is 5. The van der Waals surface area contributed by atoms with Crippen molar-refractivity contribution >= 4 is 11.7 Å². The smallest absolute Gasteiger partial charge is 0.243 e. The van der Waals surface area contributed by atoms with Crippen LogP contribution < -0.4 is 5.48 Å². The average Bonchev–Trinajstić information content (AvgIpc) is 3.07. The Balaban J connectivity index is 1.72. The molecular weight excluding hydrogens is 370 g/mol. The van der Waals surface area contributed by atoms with Crippen LogP contribution in [0.3, 0.4) is 0 Å². The lowest BCUT2D eigenvalue weighted by atomic mass is 9.85. The molecule has 0 aromatic heterocycles. The zero-order valence-corrected chi connectivity index (χ0v) is 17.3. The number of aryl methyl sites for hydroxylation is 1. The lowest BCUT2D eigenvalue weighted by Crippen LogP contribution is -2.25. The topological polar surface area (TPSA) is 107 Å². The van der Waals surface area contributed by atoms with Gasteiger partial charge < -0.3 is 10.2 Å². The molecule has 1 aromatic carbocycles. The largest absolute Gasteiger partial charge is 0.393 e. The Hall–Kier alpha value is -1.76. The summed E-state index contributed by atoms with van der Waals surface area (Å²) in [5.41, 5.74) is 3.25. The highest BCUT2D eigenvalue weighted by Crippen LogP contribution is 2.39. The minimum absolute atomic E-state index is 0.135. The van der Waals surface area contributed by atoms with Crippen LogP contribution in [0.1, 0.15) is 80.1 Å². The van der Waals surface area contributed by atoms with Gasteiger partial charge in [0.2, 0.25) is 5.91 Å². The molecule has 29 heavy (non-hydrogen) atoms. The summed E-state index contributed by atoms with van der Waals surface area (Å²) in [7, 11) is 0. The maximum absolute atomic E-state index is 12.4. The van der Waals surface area contributed by atoms with Crippen molar-refractivity contribution in [1.29, 1.82) is 0 Å². The number of Topliss-reactive ketones (excluding diaryl/α,β-unsaturated/α-hetero) is 1. The van der Waals surface area contributed by atoms with Crippen LogP contribution >= 0.6 is 0 Å². The van der Waals surface area contributed by atoms with E-state index in [2.05, 4.69) is 0 Å². The van der Waals surface area contributed by atoms with Gasteiger partial charge in [-0.1, -0.05) is 55.5 Å². The van der Waals surface area contributed by atoms with Crippen molar-refractivity contribution in [3.63, 3.8) is 0 Å². The van der Waals surface area contributed by atoms with E-state index < -0.39 is 6.10 Å². The molecule has 0 spiro atoms. The van der Waals surface area contributed by atoms with E-state index in [0.717, 1.165) is 50.5 Å². The van der Waals surface area contributed by atoms with Crippen LogP contribution in [0.25, 0.3) is 0 Å². The van der Waals surface area contributed by atoms with Crippen LogP contribution in [0.15, 0.2) is 24.3 Å². The van der Waals surface area contributed by atoms with Crippen molar-refractivity contribution in [1.82, 2.24) is 5.48 Å². The van der Waals surface area contributed by atoms with Crippen LogP contribution in [0.5, 0.6) is 0 Å². The molecule has 0 aliphatic heterocycles. The Labute approximate surface area is 173 Å². The fraction of sp³-hybridized carbons (Fsp3) is 0.652. The molecule has 4 N–H and O–H groups in total. The molecule has 0 bridgehead atoms. The number of aliphatic hydroxyl groups is 2. The van der Waals surface area contributed by atoms with Crippen LogP contribution in [0, 0.1) is 18.8 Å². The first kappa shape index (κ1) is 23.5. The lowest BCUT2D eigenvalue weighted by molar-refractivity contribution is -0.129. The number of amides is 1. The number of ketones is 1. The van der Waals surface area contributed by atoms with Crippen molar-refractivity contribution in [3.8, 4) is 0 Å². The molecule has 1 saturated carbocycles. The van der Waals surface area contributed by atoms with Crippen molar-refractivity contribution in [2.45, 2.75) is 83.3 Å². The summed E-state index contributed by atoms with van der Waals surface area (Å²) in [6.07, 6.45) is 6.56. The van der Waals surface area contributed by atoms with E-state index in [1.54, 1.807) is 17.6 Å². The second-order valence-electron chi connectivity index (χ2n) is 8.38. The molecule has 0 heterocycles. The van der Waals surface area contributed by atoms with Crippen molar-refractivity contribution in [2.24, 2.45) is 11.8 Å². The van der Waals surface area contributed by atoms with Gasteiger partial charge in [-0.2, -0.15) is 0 Å². The molecule has 1 aliphatic carbocycles. The SMILES string of the molecule is Cc1ccc(C(=O)C(O)CC[C@@H]2[C@@H](CCCCCCC(=O)NO)CC[C@H]2O)cc1. The van der Waals surface area contributed by atoms with Crippen LogP contribution in [-0.2, 0) is 4.79 Å². The lowest BCUT2D eigenvalue weighted by Gasteiger charge is -2.23. The normalized spacial score (nSPS) is 22.4. The van der Waals surface area contributed by atoms with Crippen LogP contribution in [0.2, 0.25) is 0 Å². The van der Waals surface area contributed by atoms with Gasteiger partial charge in [0.25, 0.3) is 0 Å². The summed E-state index contributed by atoms with van der Waals surface area (Å²) < 4.78 is 0. The number of carbonyl (C=O) groups excluding carboxylic acids is 2. The Morgan fingerprint density at radius 1 is 1.07 bits per heavy atom. The summed E-state index contributed by atoms with van der Waals surface area (Å²) in [5, 5.41) is 29.2. The molecule has 0 saturated heterocycles. The second-order valence-corrected chi connectivity index (χ2v) is 8.38. The Morgan fingerprint density at radius 3 is 2.45 bits per heavy atom. The summed E-state index contributed by atoms with van der Waals surface area (Å²) in [5.74, 6) is -0.0354. The van der Waals surface area contributed by atoms with Crippen LogP contribution in [0.4, 0.5) is 0 Å². The standard InChI is InChI=1S/C23H35NO5/c1-16-8-10-18(11-9-16)23(28)21(26)15-13-19-17(12-14-20(19)25)6-4-2-3-5-7-22(27)24-29/h8-11,17,19-21,25-26,29H,2-7,12-15H2,1H3,(H,24,27)/t17-,19+,20+,21?/m0/s1. The number of hydroxylamine groups is 1. The van der Waals surface area contributed by atoms with Crippen molar-refractivity contribution in [2.75, 3.05) is 0 Å². The van der Waals surface area contributed by atoms with E-state index in [0.29, 0.717) is 30.7 Å². The fourth-order valence-electron chi connectivity index (χ4n) is 4.41. The molecule has 4 atom stereocenters. The molecule has 1 aliphatic rings. The monoisotopic (exact) mass is 405 g/mol. The molecule has 1 fully saturated rings. The van der Waals surface area contributed by atoms with E-state index in [9.17, 15) is 19.8 Å². The Bertz CT molecular complexity index is 645. The van der Waals surface area contributed by atoms with Crippen molar-refractivity contribution < 1.29 is 25.0 Å². The Morgan fingerprint density at radius 2 is 1.76 bits per heavy atom. The molecule has 6 nitrogen and oxygen atoms in total. The van der Waals surface area contributed by atoms with Gasteiger partial charge >= 0.3 is 0 Å². The molecule has 2 rings (SSSR count). The molecule has 0 radical (unpaired) electrons. The first-order valence-electron chi connectivity index (χ1n) is 10.8. The molecule has 6 heteroatoms. The fourth-order valence-corrected chi connectivity index (χ4v) is 4.41. The van der Waals surface area contributed by atoms with Gasteiger partial charge in [0.1, 0.15) is 6.10 Å². The minimum Gasteiger partial charge on any atom is -0.393 e. The molecule has 1 unspecified atom stereocenters. The van der Waals surface area contributed by atoms with Gasteiger partial charge in [0, 0.05) is 12.0 Å². The first-order chi connectivity index (χ1) is 13.9. The van der Waals surface area contributed by atoms with Gasteiger partial charge in [0.05, 0.1) is 6.10 Å². The van der Waals surface area contributed by atoms with E-state index in [-0.39, 0.29) is 23.7 Å². The highest BCUT2D eigenvalue weighted by Gasteiger charge is 2.34. The molecule has 1 amide bonds. The highest BCUT2D eigenvalue weighted by molar-refractivity contribution is 5.99. The molecular formula is C23H35NO5. The highest BCUT2D eigenvalue weighted by atomic mass is 16.5. The van der Waals surface area contributed by atoms with Gasteiger partial charge in [-0.15, -0.1) is 0 Å². The number of aliphatic hydroxyl groups excluding tert-OH is 2. The van der Waals surface area contributed by atoms with Gasteiger partial charge in [-0.3, -0.25) is 14.8 Å². The van der Waals surface area contributed by atoms with Crippen molar-refractivity contribution in [3.05, 3.63) is 35.4 Å². The zero-order valence-electron chi connectivity index (χ0n) is 17.3. The second kappa shape index (κ2) is 12.1. The van der Waals surface area contributed by atoms with Gasteiger partial charge in [-0.25, -0.2) is 5.48 Å². The quantitative estimate of drug-likeness (QED) is 0.184. The molecule has 162 valence electrons. The third-order valence-corrected chi connectivity index (χ3v) is 6.20. The first-order valence-corrected chi connectivity index (χ1v) is 10.8. The Kier molecular flexibility index (Phi) is 9.78. The summed E-state index contributed by atoms with van der Waals surface area (Å²) in [6, 6.07) is 7.23. The number of benzene rings is 1. The third kappa shape index (κ3) is 7.53. The summed E-state index contributed by atoms with van der Waals surface area (Å²) in [4.78, 5) is 23.4. The van der Waals surface area contributed by atoms with E-state index >= 15 is 0 Å². The number of carbonyl (C=O) groups is 2. The van der Waals surface area contributed by atoms with E-state index in [4.69, 9.17) is 5.21 Å².